The minimum atomic E-state index is -4.97. The van der Waals surface area contributed by atoms with E-state index in [-0.39, 0.29) is 17.7 Å². The maximum atomic E-state index is 13.2. The minimum absolute atomic E-state index is 0.0585. The highest BCUT2D eigenvalue weighted by Gasteiger charge is 2.42. The first-order chi connectivity index (χ1) is 17.2. The van der Waals surface area contributed by atoms with Crippen molar-refractivity contribution in [1.82, 2.24) is 25.1 Å². The third-order valence-corrected chi connectivity index (χ3v) is 7.06. The molecule has 2 aliphatic rings. The number of alkyl halides is 3. The number of likely N-dealkylation sites (tertiary alicyclic amines) is 2. The molecule has 2 aromatic heterocycles. The number of nitrogen functional groups attached to an aromatic ring is 1. The summed E-state index contributed by atoms with van der Waals surface area (Å²) in [5, 5.41) is 2.13. The lowest BCUT2D eigenvalue weighted by molar-refractivity contribution is -0.175. The quantitative estimate of drug-likeness (QED) is 0.627. The molecular formula is C25H31F3N6O2. The number of halogens is 3. The normalized spacial score (nSPS) is 19.1. The summed E-state index contributed by atoms with van der Waals surface area (Å²) in [6, 6.07) is 7.91. The number of piperidine rings is 2. The van der Waals surface area contributed by atoms with Crippen LogP contribution >= 0.6 is 0 Å². The van der Waals surface area contributed by atoms with Gasteiger partial charge in [0.1, 0.15) is 5.82 Å². The first kappa shape index (κ1) is 25.9. The number of carbonyl (C=O) groups is 2. The van der Waals surface area contributed by atoms with Crippen LogP contribution in [0.4, 0.5) is 19.0 Å². The van der Waals surface area contributed by atoms with Crippen molar-refractivity contribution in [2.24, 2.45) is 11.8 Å². The summed E-state index contributed by atoms with van der Waals surface area (Å²) in [7, 11) is 0. The van der Waals surface area contributed by atoms with Gasteiger partial charge < -0.3 is 16.0 Å². The monoisotopic (exact) mass is 504 g/mol. The fourth-order valence-electron chi connectivity index (χ4n) is 5.12. The molecule has 2 amide bonds. The molecule has 0 spiro atoms. The molecule has 2 aliphatic heterocycles. The Hall–Kier alpha value is -3.21. The van der Waals surface area contributed by atoms with Crippen molar-refractivity contribution in [1.29, 1.82) is 0 Å². The Morgan fingerprint density at radius 1 is 1.03 bits per heavy atom. The second kappa shape index (κ2) is 11.2. The lowest BCUT2D eigenvalue weighted by atomic mass is 9.86. The van der Waals surface area contributed by atoms with Crippen LogP contribution in [-0.4, -0.2) is 63.9 Å². The molecule has 2 saturated heterocycles. The molecule has 4 heterocycles. The number of hydrogen-bond acceptors (Lipinski definition) is 6. The Morgan fingerprint density at radius 2 is 1.75 bits per heavy atom. The Labute approximate surface area is 208 Å². The van der Waals surface area contributed by atoms with Crippen LogP contribution in [0.25, 0.3) is 0 Å². The Kier molecular flexibility index (Phi) is 8.07. The lowest BCUT2D eigenvalue weighted by Crippen LogP contribution is -2.48. The van der Waals surface area contributed by atoms with Gasteiger partial charge in [0, 0.05) is 37.9 Å². The number of amides is 2. The third kappa shape index (κ3) is 6.51. The average Bonchev–Trinajstić information content (AvgIpc) is 2.87. The standard InChI is InChI=1S/C25H31F3N6O2/c26-25(27,28)24(36)32-22(20-3-1-2-9-30-20)18-7-13-34(14-8-18)23(35)19-5-11-33(12-6-19)16-17-4-10-31-21(29)15-17/h1-4,9-10,15,18-19,22H,5-8,11-14,16H2,(H2,29,31)(H,32,36). The summed E-state index contributed by atoms with van der Waals surface area (Å²) in [5.41, 5.74) is 7.24. The number of nitrogens with two attached hydrogens (primary N) is 1. The van der Waals surface area contributed by atoms with E-state index in [9.17, 15) is 22.8 Å². The van der Waals surface area contributed by atoms with Crippen LogP contribution in [-0.2, 0) is 16.1 Å². The number of hydrogen-bond donors (Lipinski definition) is 2. The number of pyridine rings is 2. The zero-order valence-corrected chi connectivity index (χ0v) is 20.0. The van der Waals surface area contributed by atoms with Crippen molar-refractivity contribution in [3.63, 3.8) is 0 Å². The molecule has 2 fully saturated rings. The second-order valence-electron chi connectivity index (χ2n) is 9.51. The highest BCUT2D eigenvalue weighted by atomic mass is 19.4. The molecule has 194 valence electrons. The predicted octanol–water partition coefficient (Wildman–Crippen LogP) is 2.93. The van der Waals surface area contributed by atoms with Gasteiger partial charge in [0.2, 0.25) is 5.91 Å². The highest BCUT2D eigenvalue weighted by molar-refractivity contribution is 5.82. The van der Waals surface area contributed by atoms with E-state index in [1.54, 1.807) is 24.4 Å². The Balaban J connectivity index is 1.30. The topological polar surface area (TPSA) is 104 Å². The summed E-state index contributed by atoms with van der Waals surface area (Å²) in [6.07, 6.45) is 0.729. The number of carbonyl (C=O) groups excluding carboxylic acids is 2. The van der Waals surface area contributed by atoms with Crippen LogP contribution in [0, 0.1) is 11.8 Å². The van der Waals surface area contributed by atoms with Crippen LogP contribution in [0.1, 0.15) is 43.0 Å². The van der Waals surface area contributed by atoms with Gasteiger partial charge in [-0.1, -0.05) is 6.07 Å². The molecule has 8 nitrogen and oxygen atoms in total. The van der Waals surface area contributed by atoms with E-state index in [4.69, 9.17) is 5.73 Å². The molecule has 1 atom stereocenters. The summed E-state index contributed by atoms with van der Waals surface area (Å²) in [4.78, 5) is 37.2. The zero-order valence-electron chi connectivity index (χ0n) is 20.0. The van der Waals surface area contributed by atoms with E-state index >= 15 is 0 Å². The molecule has 36 heavy (non-hydrogen) atoms. The Bertz CT molecular complexity index is 1040. The molecule has 11 heteroatoms. The smallest absolute Gasteiger partial charge is 0.384 e. The highest BCUT2D eigenvalue weighted by Crippen LogP contribution is 2.32. The SMILES string of the molecule is Nc1cc(CN2CCC(C(=O)N3CCC(C(NC(=O)C(F)(F)F)c4ccccn4)CC3)CC2)ccn1. The van der Waals surface area contributed by atoms with Crippen molar-refractivity contribution < 1.29 is 22.8 Å². The van der Waals surface area contributed by atoms with Gasteiger partial charge >= 0.3 is 12.1 Å². The van der Waals surface area contributed by atoms with Gasteiger partial charge in [0.05, 0.1) is 11.7 Å². The number of rotatable bonds is 6. The van der Waals surface area contributed by atoms with Crippen LogP contribution in [0.5, 0.6) is 0 Å². The van der Waals surface area contributed by atoms with E-state index in [2.05, 4.69) is 20.2 Å². The molecule has 0 saturated carbocycles. The van der Waals surface area contributed by atoms with Gasteiger partial charge in [0.25, 0.3) is 0 Å². The number of nitrogens with zero attached hydrogens (tertiary/aromatic N) is 4. The molecule has 0 aliphatic carbocycles. The molecule has 0 radical (unpaired) electrons. The first-order valence-electron chi connectivity index (χ1n) is 12.2. The molecule has 1 unspecified atom stereocenters. The van der Waals surface area contributed by atoms with Gasteiger partial charge in [-0.2, -0.15) is 13.2 Å². The van der Waals surface area contributed by atoms with Gasteiger partial charge in [-0.05, 0) is 74.5 Å². The second-order valence-corrected chi connectivity index (χ2v) is 9.51. The van der Waals surface area contributed by atoms with E-state index in [0.29, 0.717) is 37.4 Å². The molecule has 3 N–H and O–H groups in total. The van der Waals surface area contributed by atoms with Gasteiger partial charge in [-0.15, -0.1) is 0 Å². The zero-order chi connectivity index (χ0) is 25.7. The summed E-state index contributed by atoms with van der Waals surface area (Å²) >= 11 is 0. The predicted molar refractivity (Wildman–Crippen MR) is 127 cm³/mol. The molecule has 0 aromatic carbocycles. The lowest BCUT2D eigenvalue weighted by Gasteiger charge is -2.39. The number of nitrogens with one attached hydrogen (secondary N) is 1. The van der Waals surface area contributed by atoms with E-state index in [1.165, 1.54) is 6.20 Å². The fraction of sp³-hybridized carbons (Fsp3) is 0.520. The van der Waals surface area contributed by atoms with Gasteiger partial charge in [0.15, 0.2) is 0 Å². The fourth-order valence-corrected chi connectivity index (χ4v) is 5.12. The summed E-state index contributed by atoms with van der Waals surface area (Å²) in [5.74, 6) is -1.68. The van der Waals surface area contributed by atoms with Crippen molar-refractivity contribution in [3.8, 4) is 0 Å². The van der Waals surface area contributed by atoms with Crippen LogP contribution in [0.2, 0.25) is 0 Å². The van der Waals surface area contributed by atoms with Crippen molar-refractivity contribution in [2.45, 2.75) is 44.4 Å². The number of anilines is 1. The maximum Gasteiger partial charge on any atom is 0.471 e. The van der Waals surface area contributed by atoms with Crippen LogP contribution in [0.15, 0.2) is 42.7 Å². The van der Waals surface area contributed by atoms with Crippen LogP contribution < -0.4 is 11.1 Å². The first-order valence-corrected chi connectivity index (χ1v) is 12.2. The number of aromatic nitrogens is 2. The van der Waals surface area contributed by atoms with Crippen molar-refractivity contribution >= 4 is 17.6 Å². The van der Waals surface area contributed by atoms with Gasteiger partial charge in [-0.25, -0.2) is 4.98 Å². The molecular weight excluding hydrogens is 473 g/mol. The third-order valence-electron chi connectivity index (χ3n) is 7.06. The van der Waals surface area contributed by atoms with Crippen molar-refractivity contribution in [2.75, 3.05) is 31.9 Å². The summed E-state index contributed by atoms with van der Waals surface area (Å²) < 4.78 is 38.8. The summed E-state index contributed by atoms with van der Waals surface area (Å²) in [6.45, 7) is 3.27. The molecule has 0 bridgehead atoms. The largest absolute Gasteiger partial charge is 0.471 e. The van der Waals surface area contributed by atoms with E-state index in [0.717, 1.165) is 38.0 Å². The molecule has 4 rings (SSSR count). The van der Waals surface area contributed by atoms with Gasteiger partial charge in [-0.3, -0.25) is 19.5 Å². The minimum Gasteiger partial charge on any atom is -0.384 e. The Morgan fingerprint density at radius 3 is 2.36 bits per heavy atom. The van der Waals surface area contributed by atoms with Crippen molar-refractivity contribution in [3.05, 3.63) is 54.0 Å². The average molecular weight is 505 g/mol. The van der Waals surface area contributed by atoms with E-state index in [1.807, 2.05) is 17.0 Å². The van der Waals surface area contributed by atoms with Crippen LogP contribution in [0.3, 0.4) is 0 Å². The van der Waals surface area contributed by atoms with E-state index < -0.39 is 18.1 Å². The maximum absolute atomic E-state index is 13.2. The molecule has 2 aromatic rings.